The second-order valence-electron chi connectivity index (χ2n) is 8.02. The number of fused-ring (bicyclic) bond motifs is 3. The van der Waals surface area contributed by atoms with Crippen LogP contribution in [0.25, 0.3) is 11.0 Å². The van der Waals surface area contributed by atoms with Crippen molar-refractivity contribution in [2.45, 2.75) is 22.1 Å². The van der Waals surface area contributed by atoms with Crippen molar-refractivity contribution in [1.82, 2.24) is 9.55 Å². The Morgan fingerprint density at radius 3 is 2.12 bits per heavy atom. The lowest BCUT2D eigenvalue weighted by Gasteiger charge is -2.30. The first-order valence-corrected chi connectivity index (χ1v) is 12.9. The summed E-state index contributed by atoms with van der Waals surface area (Å²) in [5.41, 5.74) is 5.10. The van der Waals surface area contributed by atoms with Gasteiger partial charge in [-0.05, 0) is 42.0 Å². The molecule has 0 spiro atoms. The van der Waals surface area contributed by atoms with E-state index in [0.29, 0.717) is 5.75 Å². The van der Waals surface area contributed by atoms with E-state index < -0.39 is 0 Å². The van der Waals surface area contributed by atoms with E-state index in [1.165, 1.54) is 17.3 Å². The lowest BCUT2D eigenvalue weighted by atomic mass is 10.2. The zero-order chi connectivity index (χ0) is 22.9. The van der Waals surface area contributed by atoms with Gasteiger partial charge in [0.15, 0.2) is 0 Å². The van der Waals surface area contributed by atoms with Crippen LogP contribution in [0.1, 0.15) is 11.4 Å². The van der Waals surface area contributed by atoms with Crippen LogP contribution in [-0.2, 0) is 12.3 Å². The minimum absolute atomic E-state index is 0.00137. The Morgan fingerprint density at radius 2 is 1.38 bits per heavy atom. The molecule has 6 rings (SSSR count). The molecule has 0 fully saturated rings. The predicted octanol–water partition coefficient (Wildman–Crippen LogP) is 7.74. The minimum Gasteiger partial charge on any atom is -0.323 e. The molecular weight excluding hydrogens is 458 g/mol. The van der Waals surface area contributed by atoms with Crippen molar-refractivity contribution in [2.75, 3.05) is 4.90 Å². The van der Waals surface area contributed by atoms with Gasteiger partial charge in [-0.15, -0.1) is 0 Å². The number of anilines is 2. The lowest BCUT2D eigenvalue weighted by molar-refractivity contribution is 0.266. The van der Waals surface area contributed by atoms with Crippen LogP contribution in [0.3, 0.4) is 0 Å². The molecule has 4 aromatic carbocycles. The summed E-state index contributed by atoms with van der Waals surface area (Å²) in [4.78, 5) is 22.5. The second kappa shape index (κ2) is 9.05. The van der Waals surface area contributed by atoms with Gasteiger partial charge in [0.25, 0.3) is 5.24 Å². The molecule has 0 bridgehead atoms. The monoisotopic (exact) mass is 479 g/mol. The Kier molecular flexibility index (Phi) is 5.61. The van der Waals surface area contributed by atoms with Crippen molar-refractivity contribution in [3.63, 3.8) is 0 Å². The topological polar surface area (TPSA) is 38.1 Å². The number of thioether (sulfide) groups is 1. The molecule has 0 saturated carbocycles. The third-order valence-corrected chi connectivity index (χ3v) is 7.82. The average Bonchev–Trinajstić information content (AvgIpc) is 3.23. The van der Waals surface area contributed by atoms with Gasteiger partial charge in [-0.1, -0.05) is 90.3 Å². The smallest absolute Gasteiger partial charge is 0.291 e. The highest BCUT2D eigenvalue weighted by molar-refractivity contribution is 8.13. The van der Waals surface area contributed by atoms with Gasteiger partial charge in [0.1, 0.15) is 5.82 Å². The van der Waals surface area contributed by atoms with Crippen LogP contribution in [0.4, 0.5) is 16.2 Å². The quantitative estimate of drug-likeness (QED) is 0.264. The molecule has 2 heterocycles. The molecule has 0 saturated heterocycles. The van der Waals surface area contributed by atoms with Gasteiger partial charge >= 0.3 is 0 Å². The number of nitrogens with zero attached hydrogens (tertiary/aromatic N) is 3. The summed E-state index contributed by atoms with van der Waals surface area (Å²) in [6.45, 7) is 0.720. The van der Waals surface area contributed by atoms with Crippen molar-refractivity contribution >= 4 is 51.2 Å². The van der Waals surface area contributed by atoms with Gasteiger partial charge in [-0.2, -0.15) is 0 Å². The fourth-order valence-corrected chi connectivity index (χ4v) is 6.13. The molecule has 0 atom stereocenters. The fraction of sp³-hybridized carbons (Fsp3) is 0.0714. The van der Waals surface area contributed by atoms with Crippen molar-refractivity contribution in [2.24, 2.45) is 0 Å². The zero-order valence-electron chi connectivity index (χ0n) is 18.3. The normalized spacial score (nSPS) is 12.4. The number of imidazole rings is 1. The van der Waals surface area contributed by atoms with E-state index >= 15 is 0 Å². The van der Waals surface area contributed by atoms with Gasteiger partial charge in [0.2, 0.25) is 0 Å². The molecule has 5 aromatic rings. The highest BCUT2D eigenvalue weighted by Gasteiger charge is 2.28. The Balaban J connectivity index is 1.32. The SMILES string of the molecule is O=C(SCc1nc2ccccc2n1Cc1ccccc1)N1c2ccccc2Sc2ccccc21. The number of hydrogen-bond acceptors (Lipinski definition) is 4. The summed E-state index contributed by atoms with van der Waals surface area (Å²) in [5.74, 6) is 1.39. The first-order chi connectivity index (χ1) is 16.8. The number of para-hydroxylation sites is 4. The van der Waals surface area contributed by atoms with E-state index in [1.54, 1.807) is 11.8 Å². The maximum Gasteiger partial charge on any atom is 0.291 e. The molecule has 1 aliphatic rings. The van der Waals surface area contributed by atoms with Crippen LogP contribution >= 0.6 is 23.5 Å². The van der Waals surface area contributed by atoms with E-state index in [4.69, 9.17) is 4.98 Å². The number of carbonyl (C=O) groups is 1. The van der Waals surface area contributed by atoms with Gasteiger partial charge < -0.3 is 4.57 Å². The van der Waals surface area contributed by atoms with Crippen molar-refractivity contribution in [3.8, 4) is 0 Å². The molecule has 34 heavy (non-hydrogen) atoms. The van der Waals surface area contributed by atoms with Gasteiger partial charge in [0.05, 0.1) is 28.2 Å². The average molecular weight is 480 g/mol. The Bertz CT molecular complexity index is 1450. The molecule has 166 valence electrons. The standard InChI is InChI=1S/C28H21N3OS2/c32-28(31-23-14-6-8-16-25(23)34-26-17-9-7-15-24(26)31)33-19-27-29-21-12-4-5-13-22(21)30(27)18-20-10-2-1-3-11-20/h1-17H,18-19H2. The lowest BCUT2D eigenvalue weighted by Crippen LogP contribution is -2.25. The third-order valence-electron chi connectivity index (χ3n) is 5.86. The fourth-order valence-electron chi connectivity index (χ4n) is 4.27. The van der Waals surface area contributed by atoms with Crippen LogP contribution in [-0.4, -0.2) is 14.8 Å². The third kappa shape index (κ3) is 3.89. The van der Waals surface area contributed by atoms with Crippen LogP contribution < -0.4 is 4.90 Å². The van der Waals surface area contributed by atoms with Crippen molar-refractivity contribution in [1.29, 1.82) is 0 Å². The first-order valence-electron chi connectivity index (χ1n) is 11.1. The maximum atomic E-state index is 13.6. The van der Waals surface area contributed by atoms with Crippen molar-refractivity contribution in [3.05, 3.63) is 115 Å². The number of hydrogen-bond donors (Lipinski definition) is 0. The molecular formula is C28H21N3OS2. The molecule has 0 radical (unpaired) electrons. The van der Waals surface area contributed by atoms with E-state index in [-0.39, 0.29) is 5.24 Å². The van der Waals surface area contributed by atoms with Crippen LogP contribution in [0, 0.1) is 0 Å². The Labute approximate surface area is 206 Å². The summed E-state index contributed by atoms with van der Waals surface area (Å²) in [6.07, 6.45) is 0. The molecule has 1 amide bonds. The Morgan fingerprint density at radius 1 is 0.765 bits per heavy atom. The Hall–Kier alpha value is -3.48. The molecule has 4 nitrogen and oxygen atoms in total. The summed E-state index contributed by atoms with van der Waals surface area (Å²) in [6, 6.07) is 34.7. The van der Waals surface area contributed by atoms with E-state index in [0.717, 1.165) is 44.6 Å². The van der Waals surface area contributed by atoms with Gasteiger partial charge in [0, 0.05) is 16.3 Å². The molecule has 0 aliphatic carbocycles. The van der Waals surface area contributed by atoms with Gasteiger partial charge in [-0.25, -0.2) is 4.98 Å². The summed E-state index contributed by atoms with van der Waals surface area (Å²) < 4.78 is 2.22. The number of benzene rings is 4. The van der Waals surface area contributed by atoms with Crippen LogP contribution in [0.2, 0.25) is 0 Å². The second-order valence-corrected chi connectivity index (χ2v) is 10.0. The zero-order valence-corrected chi connectivity index (χ0v) is 19.9. The number of carbonyl (C=O) groups excluding carboxylic acids is 1. The highest BCUT2D eigenvalue weighted by Crippen LogP contribution is 2.49. The van der Waals surface area contributed by atoms with Crippen LogP contribution in [0.15, 0.2) is 113 Å². The van der Waals surface area contributed by atoms with E-state index in [9.17, 15) is 4.79 Å². The number of aromatic nitrogens is 2. The van der Waals surface area contributed by atoms with Crippen LogP contribution in [0.5, 0.6) is 0 Å². The van der Waals surface area contributed by atoms with E-state index in [2.05, 4.69) is 47.0 Å². The largest absolute Gasteiger partial charge is 0.323 e. The summed E-state index contributed by atoms with van der Waals surface area (Å²) >= 11 is 3.00. The highest BCUT2D eigenvalue weighted by atomic mass is 32.2. The molecule has 6 heteroatoms. The maximum absolute atomic E-state index is 13.6. The van der Waals surface area contributed by atoms with Gasteiger partial charge in [-0.3, -0.25) is 9.69 Å². The summed E-state index contributed by atoms with van der Waals surface area (Å²) in [5, 5.41) is -0.00137. The summed E-state index contributed by atoms with van der Waals surface area (Å²) in [7, 11) is 0. The van der Waals surface area contributed by atoms with E-state index in [1.807, 2.05) is 65.6 Å². The number of amides is 1. The molecule has 1 aromatic heterocycles. The molecule has 0 N–H and O–H groups in total. The molecule has 1 aliphatic heterocycles. The van der Waals surface area contributed by atoms with Crippen molar-refractivity contribution < 1.29 is 4.79 Å². The molecule has 0 unspecified atom stereocenters. The first kappa shape index (κ1) is 21.1. The minimum atomic E-state index is -0.00137. The number of rotatable bonds is 4. The predicted molar refractivity (Wildman–Crippen MR) is 141 cm³/mol.